The van der Waals surface area contributed by atoms with Crippen LogP contribution in [0.1, 0.15) is 60.1 Å². The molecule has 0 bridgehead atoms. The van der Waals surface area contributed by atoms with Crippen molar-refractivity contribution in [1.82, 2.24) is 15.2 Å². The lowest BCUT2D eigenvalue weighted by molar-refractivity contribution is -0.145. The Labute approximate surface area is 313 Å². The first-order chi connectivity index (χ1) is 25.1. The van der Waals surface area contributed by atoms with E-state index in [9.17, 15) is 20.3 Å². The average molecular weight is 746 g/mol. The van der Waals surface area contributed by atoms with Crippen LogP contribution in [0.2, 0.25) is 10.0 Å². The topological polar surface area (TPSA) is 137 Å². The van der Waals surface area contributed by atoms with Crippen LogP contribution in [0.4, 0.5) is 0 Å². The molecular formula is C40H42Cl2N4O6. The number of nitriles is 1. The van der Waals surface area contributed by atoms with Crippen molar-refractivity contribution in [2.45, 2.75) is 57.4 Å². The Hall–Kier alpha value is -4.37. The number of carboxylic acid groups (broad SMARTS) is 1. The van der Waals surface area contributed by atoms with Gasteiger partial charge in [0.05, 0.1) is 28.8 Å². The lowest BCUT2D eigenvalue weighted by Gasteiger charge is -2.29. The number of benzene rings is 3. The lowest BCUT2D eigenvalue weighted by atomic mass is 9.96. The molecule has 3 aromatic carbocycles. The number of halogens is 2. The fraction of sp³-hybridized carbons (Fsp3) is 0.375. The standard InChI is InChI=1S/C40H42Cl2N4O6/c1-40(24-47,39(48)49)45-20-28-15-33(41)37(16-36(28)51-23-27-14-26(17-43)18-44-19-27)52-34-12-11-30-29(7-3-8-31(30)34)32-9-4-10-35(38(32)42)50-22-25-6-5-13-46(2)21-25/h3-4,7-10,14-16,18-19,25,34,45,47H,5-6,11-13,20-24H2,1-2H3,(H,48,49)/t25-,34+,40?/m1/s1. The number of aliphatic carboxylic acids is 1. The fourth-order valence-corrected chi connectivity index (χ4v) is 7.32. The Morgan fingerprint density at radius 2 is 1.88 bits per heavy atom. The summed E-state index contributed by atoms with van der Waals surface area (Å²) in [5, 5.41) is 32.6. The second-order valence-corrected chi connectivity index (χ2v) is 14.5. The van der Waals surface area contributed by atoms with E-state index in [0.717, 1.165) is 48.2 Å². The molecule has 1 aliphatic heterocycles. The zero-order valence-electron chi connectivity index (χ0n) is 29.2. The van der Waals surface area contributed by atoms with Gasteiger partial charge in [-0.1, -0.05) is 53.5 Å². The van der Waals surface area contributed by atoms with Gasteiger partial charge in [-0.05, 0) is 81.1 Å². The van der Waals surface area contributed by atoms with E-state index in [4.69, 9.17) is 37.4 Å². The van der Waals surface area contributed by atoms with Crippen molar-refractivity contribution in [3.8, 4) is 34.4 Å². The Kier molecular flexibility index (Phi) is 11.9. The summed E-state index contributed by atoms with van der Waals surface area (Å²) >= 11 is 13.8. The summed E-state index contributed by atoms with van der Waals surface area (Å²) in [4.78, 5) is 18.3. The smallest absolute Gasteiger partial charge is 0.326 e. The molecule has 0 saturated carbocycles. The number of piperidine rings is 1. The number of aliphatic hydroxyl groups excluding tert-OH is 1. The molecule has 10 nitrogen and oxygen atoms in total. The summed E-state index contributed by atoms with van der Waals surface area (Å²) in [6.45, 7) is 3.66. The molecule has 0 amide bonds. The van der Waals surface area contributed by atoms with Crippen LogP contribution in [0, 0.1) is 17.2 Å². The summed E-state index contributed by atoms with van der Waals surface area (Å²) in [5.74, 6) is 0.753. The van der Waals surface area contributed by atoms with Crippen molar-refractivity contribution in [2.24, 2.45) is 5.92 Å². The van der Waals surface area contributed by atoms with Crippen molar-refractivity contribution < 1.29 is 29.2 Å². The summed E-state index contributed by atoms with van der Waals surface area (Å²) in [5.41, 5.74) is 4.18. The van der Waals surface area contributed by atoms with Gasteiger partial charge in [-0.15, -0.1) is 0 Å². The number of fused-ring (bicyclic) bond motifs is 1. The molecule has 272 valence electrons. The minimum Gasteiger partial charge on any atom is -0.492 e. The third-order valence-electron chi connectivity index (χ3n) is 9.83. The number of hydrogen-bond acceptors (Lipinski definition) is 9. The van der Waals surface area contributed by atoms with Crippen LogP contribution in [0.3, 0.4) is 0 Å². The molecule has 12 heteroatoms. The predicted octanol–water partition coefficient (Wildman–Crippen LogP) is 7.22. The molecule has 0 radical (unpaired) electrons. The molecule has 1 fully saturated rings. The largest absolute Gasteiger partial charge is 0.492 e. The molecule has 3 atom stereocenters. The van der Waals surface area contributed by atoms with E-state index in [1.165, 1.54) is 19.5 Å². The zero-order chi connectivity index (χ0) is 36.8. The van der Waals surface area contributed by atoms with Crippen molar-refractivity contribution in [2.75, 3.05) is 33.4 Å². The van der Waals surface area contributed by atoms with Gasteiger partial charge in [-0.25, -0.2) is 0 Å². The monoisotopic (exact) mass is 744 g/mol. The maximum absolute atomic E-state index is 11.8. The average Bonchev–Trinajstić information content (AvgIpc) is 3.56. The second kappa shape index (κ2) is 16.5. The first-order valence-electron chi connectivity index (χ1n) is 17.4. The number of ether oxygens (including phenoxy) is 3. The maximum atomic E-state index is 11.8. The second-order valence-electron chi connectivity index (χ2n) is 13.7. The molecule has 2 heterocycles. The zero-order valence-corrected chi connectivity index (χ0v) is 30.7. The third kappa shape index (κ3) is 8.46. The van der Waals surface area contributed by atoms with Gasteiger partial charge in [-0.3, -0.25) is 15.1 Å². The highest BCUT2D eigenvalue weighted by molar-refractivity contribution is 6.35. The van der Waals surface area contributed by atoms with Crippen molar-refractivity contribution in [1.29, 1.82) is 5.26 Å². The van der Waals surface area contributed by atoms with Gasteiger partial charge in [0.2, 0.25) is 0 Å². The van der Waals surface area contributed by atoms with E-state index in [1.54, 1.807) is 24.4 Å². The number of likely N-dealkylation sites (tertiary alicyclic amines) is 1. The van der Waals surface area contributed by atoms with Crippen LogP contribution in [0.5, 0.6) is 17.2 Å². The summed E-state index contributed by atoms with van der Waals surface area (Å²) in [7, 11) is 2.15. The van der Waals surface area contributed by atoms with Crippen molar-refractivity contribution in [3.63, 3.8) is 0 Å². The number of carboxylic acids is 1. The normalized spacial score (nSPS) is 18.2. The van der Waals surface area contributed by atoms with E-state index < -0.39 is 18.1 Å². The lowest BCUT2D eigenvalue weighted by Crippen LogP contribution is -2.52. The van der Waals surface area contributed by atoms with Gasteiger partial charge >= 0.3 is 5.97 Å². The Morgan fingerprint density at radius 1 is 1.08 bits per heavy atom. The number of aromatic nitrogens is 1. The van der Waals surface area contributed by atoms with Gasteiger partial charge in [0.15, 0.2) is 0 Å². The third-order valence-corrected chi connectivity index (χ3v) is 10.5. The maximum Gasteiger partial charge on any atom is 0.326 e. The minimum absolute atomic E-state index is 0.0338. The van der Waals surface area contributed by atoms with Gasteiger partial charge in [0.25, 0.3) is 0 Å². The number of aliphatic hydroxyl groups is 1. The minimum atomic E-state index is -1.59. The van der Waals surface area contributed by atoms with Crippen LogP contribution in [0.25, 0.3) is 11.1 Å². The Bertz CT molecular complexity index is 1970. The van der Waals surface area contributed by atoms with Gasteiger partial charge in [0, 0.05) is 54.2 Å². The molecule has 4 aromatic rings. The van der Waals surface area contributed by atoms with Crippen LogP contribution in [-0.4, -0.2) is 65.0 Å². The molecule has 1 aromatic heterocycles. The van der Waals surface area contributed by atoms with Crippen LogP contribution in [-0.2, 0) is 24.4 Å². The van der Waals surface area contributed by atoms with Crippen LogP contribution in [0.15, 0.2) is 67.0 Å². The molecule has 2 aliphatic rings. The first-order valence-corrected chi connectivity index (χ1v) is 18.1. The number of rotatable bonds is 14. The SMILES string of the molecule is CN1CCC[C@@H](COc2cccc(-c3cccc4c3CC[C@@H]4Oc3cc(OCc4cncc(C#N)c4)c(CNC(C)(CO)C(=O)O)cc3Cl)c2Cl)C1. The Morgan fingerprint density at radius 3 is 2.65 bits per heavy atom. The van der Waals surface area contributed by atoms with Gasteiger partial charge < -0.3 is 29.3 Å². The van der Waals surface area contributed by atoms with E-state index in [1.807, 2.05) is 24.3 Å². The highest BCUT2D eigenvalue weighted by atomic mass is 35.5. The molecule has 1 saturated heterocycles. The summed E-state index contributed by atoms with van der Waals surface area (Å²) in [6.07, 6.45) is 6.58. The molecular weight excluding hydrogens is 703 g/mol. The first kappa shape index (κ1) is 37.4. The van der Waals surface area contributed by atoms with Gasteiger partial charge in [0.1, 0.15) is 41.6 Å². The van der Waals surface area contributed by atoms with Crippen LogP contribution >= 0.6 is 23.2 Å². The predicted molar refractivity (Wildman–Crippen MR) is 199 cm³/mol. The molecule has 1 aliphatic carbocycles. The van der Waals surface area contributed by atoms with Crippen molar-refractivity contribution >= 4 is 29.2 Å². The number of carbonyl (C=O) groups is 1. The van der Waals surface area contributed by atoms with E-state index in [-0.39, 0.29) is 19.3 Å². The summed E-state index contributed by atoms with van der Waals surface area (Å²) in [6, 6.07) is 19.2. The van der Waals surface area contributed by atoms with E-state index >= 15 is 0 Å². The van der Waals surface area contributed by atoms with Crippen molar-refractivity contribution in [3.05, 3.63) is 105 Å². The highest BCUT2D eigenvalue weighted by Crippen LogP contribution is 2.45. The number of nitrogens with zero attached hydrogens (tertiary/aromatic N) is 3. The van der Waals surface area contributed by atoms with E-state index in [0.29, 0.717) is 62.9 Å². The summed E-state index contributed by atoms with van der Waals surface area (Å²) < 4.78 is 19.1. The highest BCUT2D eigenvalue weighted by Gasteiger charge is 2.33. The Balaban J connectivity index is 1.24. The number of nitrogens with one attached hydrogen (secondary N) is 1. The van der Waals surface area contributed by atoms with E-state index in [2.05, 4.69) is 40.5 Å². The number of pyridine rings is 1. The molecule has 0 spiro atoms. The van der Waals surface area contributed by atoms with Crippen LogP contribution < -0.4 is 19.5 Å². The van der Waals surface area contributed by atoms with Gasteiger partial charge in [-0.2, -0.15) is 5.26 Å². The quantitative estimate of drug-likeness (QED) is 0.121. The molecule has 1 unspecified atom stereocenters. The number of hydrogen-bond donors (Lipinski definition) is 3. The molecule has 3 N–H and O–H groups in total. The molecule has 52 heavy (non-hydrogen) atoms. The fourth-order valence-electron chi connectivity index (χ4n) is 6.81. The molecule has 6 rings (SSSR count).